The van der Waals surface area contributed by atoms with E-state index in [0.29, 0.717) is 25.9 Å². The fraction of sp³-hybridized carbons (Fsp3) is 0.968. The molecule has 6 heteroatoms. The van der Waals surface area contributed by atoms with Crippen molar-refractivity contribution in [2.24, 2.45) is 0 Å². The second-order valence-electron chi connectivity index (χ2n) is 21.8. The fourth-order valence-electron chi connectivity index (χ4n) is 10.1. The quantitative estimate of drug-likeness (QED) is 0.0417. The summed E-state index contributed by atoms with van der Waals surface area (Å²) in [4.78, 5) is 24.6. The molecule has 0 fully saturated rings. The first-order valence-electron chi connectivity index (χ1n) is 31.3. The normalized spacial score (nSPS) is 12.5. The largest absolute Gasteiger partial charge is 0.466 e. The molecule has 0 rings (SSSR count). The molecule has 1 amide bonds. The lowest BCUT2D eigenvalue weighted by Crippen LogP contribution is -2.45. The molecule has 406 valence electrons. The summed E-state index contributed by atoms with van der Waals surface area (Å²) in [5.74, 6) is -0.0497. The van der Waals surface area contributed by atoms with Gasteiger partial charge >= 0.3 is 5.97 Å². The van der Waals surface area contributed by atoms with E-state index >= 15 is 0 Å². The molecule has 3 N–H and O–H groups in total. The van der Waals surface area contributed by atoms with Crippen LogP contribution in [0.3, 0.4) is 0 Å². The van der Waals surface area contributed by atoms with E-state index in [2.05, 4.69) is 19.2 Å². The smallest absolute Gasteiger partial charge is 0.305 e. The summed E-state index contributed by atoms with van der Waals surface area (Å²) < 4.78 is 5.48. The van der Waals surface area contributed by atoms with Gasteiger partial charge in [0, 0.05) is 12.8 Å². The summed E-state index contributed by atoms with van der Waals surface area (Å²) in [5.41, 5.74) is 0. The Morgan fingerprint density at radius 2 is 0.603 bits per heavy atom. The SMILES string of the molecule is CCCCCCCCCCCCCCCCCCCCCCCCCCC(O)C(CO)NC(=O)CCCCCCCCCCCCCCOC(=O)CCCCCCCCCCCCCCCCC. The number of aliphatic hydroxyl groups is 2. The van der Waals surface area contributed by atoms with Crippen LogP contribution < -0.4 is 5.32 Å². The maximum absolute atomic E-state index is 12.5. The standard InChI is InChI=1S/C62H123NO5/c1-3-5-7-9-11-13-15-17-19-20-21-22-23-24-25-26-27-29-30-34-38-42-46-50-54-60(65)59(58-64)63-61(66)55-51-47-43-39-35-32-33-37-41-45-49-53-57-68-62(67)56-52-48-44-40-36-31-28-18-16-14-12-10-8-6-4-2/h59-60,64-65H,3-58H2,1-2H3,(H,63,66). The van der Waals surface area contributed by atoms with Gasteiger partial charge in [-0.05, 0) is 25.7 Å². The highest BCUT2D eigenvalue weighted by atomic mass is 16.5. The first-order chi connectivity index (χ1) is 33.5. The lowest BCUT2D eigenvalue weighted by atomic mass is 10.0. The predicted molar refractivity (Wildman–Crippen MR) is 297 cm³/mol. The lowest BCUT2D eigenvalue weighted by Gasteiger charge is -2.22. The van der Waals surface area contributed by atoms with Crippen molar-refractivity contribution in [2.75, 3.05) is 13.2 Å². The minimum absolute atomic E-state index is 0.00454. The van der Waals surface area contributed by atoms with Gasteiger partial charge in [0.05, 0.1) is 25.4 Å². The molecular weight excluding hydrogens is 839 g/mol. The van der Waals surface area contributed by atoms with E-state index in [1.54, 1.807) is 0 Å². The molecule has 0 aromatic carbocycles. The van der Waals surface area contributed by atoms with Gasteiger partial charge in [-0.15, -0.1) is 0 Å². The first-order valence-corrected chi connectivity index (χ1v) is 31.3. The van der Waals surface area contributed by atoms with Crippen molar-refractivity contribution < 1.29 is 24.5 Å². The van der Waals surface area contributed by atoms with E-state index in [1.807, 2.05) is 0 Å². The summed E-state index contributed by atoms with van der Waals surface area (Å²) >= 11 is 0. The van der Waals surface area contributed by atoms with E-state index in [9.17, 15) is 19.8 Å². The van der Waals surface area contributed by atoms with Crippen LogP contribution in [0.15, 0.2) is 0 Å². The van der Waals surface area contributed by atoms with Gasteiger partial charge in [0.2, 0.25) is 5.91 Å². The minimum atomic E-state index is -0.674. The van der Waals surface area contributed by atoms with Crippen molar-refractivity contribution in [3.05, 3.63) is 0 Å². The molecule has 0 aliphatic rings. The second-order valence-corrected chi connectivity index (χ2v) is 21.8. The van der Waals surface area contributed by atoms with Crippen LogP contribution >= 0.6 is 0 Å². The molecule has 0 spiro atoms. The van der Waals surface area contributed by atoms with E-state index in [1.165, 1.54) is 270 Å². The number of amides is 1. The highest BCUT2D eigenvalue weighted by Gasteiger charge is 2.20. The highest BCUT2D eigenvalue weighted by molar-refractivity contribution is 5.76. The number of nitrogens with one attached hydrogen (secondary N) is 1. The molecule has 0 radical (unpaired) electrons. The van der Waals surface area contributed by atoms with Crippen molar-refractivity contribution >= 4 is 11.9 Å². The third-order valence-electron chi connectivity index (χ3n) is 14.9. The molecule has 6 nitrogen and oxygen atoms in total. The van der Waals surface area contributed by atoms with Crippen LogP contribution in [0.1, 0.15) is 361 Å². The number of rotatable bonds is 59. The average Bonchev–Trinajstić information content (AvgIpc) is 3.34. The van der Waals surface area contributed by atoms with Crippen LogP contribution in [0.2, 0.25) is 0 Å². The molecule has 0 aliphatic carbocycles. The summed E-state index contributed by atoms with van der Waals surface area (Å²) in [5, 5.41) is 23.4. The molecule has 0 saturated carbocycles. The zero-order chi connectivity index (χ0) is 49.3. The van der Waals surface area contributed by atoms with Crippen LogP contribution in [0, 0.1) is 0 Å². The topological polar surface area (TPSA) is 95.9 Å². The second kappa shape index (κ2) is 58.4. The monoisotopic (exact) mass is 962 g/mol. The van der Waals surface area contributed by atoms with Crippen molar-refractivity contribution in [2.45, 2.75) is 373 Å². The summed E-state index contributed by atoms with van der Waals surface area (Å²) in [6, 6.07) is -0.553. The number of esters is 1. The third-order valence-corrected chi connectivity index (χ3v) is 14.9. The summed E-state index contributed by atoms with van der Waals surface area (Å²) in [7, 11) is 0. The van der Waals surface area contributed by atoms with Crippen molar-refractivity contribution in [1.82, 2.24) is 5.32 Å². The Morgan fingerprint density at radius 1 is 0.353 bits per heavy atom. The van der Waals surface area contributed by atoms with Gasteiger partial charge in [0.1, 0.15) is 0 Å². The highest BCUT2D eigenvalue weighted by Crippen LogP contribution is 2.19. The molecule has 68 heavy (non-hydrogen) atoms. The maximum Gasteiger partial charge on any atom is 0.305 e. The Bertz CT molecular complexity index is 975. The minimum Gasteiger partial charge on any atom is -0.466 e. The van der Waals surface area contributed by atoms with E-state index in [0.717, 1.165) is 57.8 Å². The maximum atomic E-state index is 12.5. The van der Waals surface area contributed by atoms with E-state index < -0.39 is 12.1 Å². The fourth-order valence-corrected chi connectivity index (χ4v) is 10.1. The number of hydrogen-bond acceptors (Lipinski definition) is 5. The Labute approximate surface area is 426 Å². The summed E-state index contributed by atoms with van der Waals surface area (Å²) in [6.45, 7) is 4.96. The molecule has 0 aromatic heterocycles. The lowest BCUT2D eigenvalue weighted by molar-refractivity contribution is -0.143. The van der Waals surface area contributed by atoms with Gasteiger partial charge in [-0.25, -0.2) is 0 Å². The van der Waals surface area contributed by atoms with Crippen LogP contribution in [-0.4, -0.2) is 47.4 Å². The number of carbonyl (C=O) groups excluding carboxylic acids is 2. The third kappa shape index (κ3) is 54.2. The molecule has 2 atom stereocenters. The molecule has 0 aliphatic heterocycles. The van der Waals surface area contributed by atoms with Gasteiger partial charge < -0.3 is 20.3 Å². The number of carbonyl (C=O) groups is 2. The van der Waals surface area contributed by atoms with Crippen molar-refractivity contribution in [3.63, 3.8) is 0 Å². The Morgan fingerprint density at radius 3 is 0.897 bits per heavy atom. The summed E-state index contributed by atoms with van der Waals surface area (Å²) in [6.07, 6.45) is 68.2. The average molecular weight is 963 g/mol. The van der Waals surface area contributed by atoms with Crippen molar-refractivity contribution in [1.29, 1.82) is 0 Å². The van der Waals surface area contributed by atoms with Gasteiger partial charge in [0.25, 0.3) is 0 Å². The van der Waals surface area contributed by atoms with Crippen LogP contribution in [-0.2, 0) is 14.3 Å². The Balaban J connectivity index is 3.42. The van der Waals surface area contributed by atoms with Crippen LogP contribution in [0.4, 0.5) is 0 Å². The molecule has 0 aromatic rings. The first kappa shape index (κ1) is 66.9. The van der Waals surface area contributed by atoms with Gasteiger partial charge in [0.15, 0.2) is 0 Å². The molecular formula is C62H123NO5. The van der Waals surface area contributed by atoms with Gasteiger partial charge in [-0.2, -0.15) is 0 Å². The Hall–Kier alpha value is -1.14. The number of ether oxygens (including phenoxy) is 1. The molecule has 0 bridgehead atoms. The Kier molecular flexibility index (Phi) is 57.5. The molecule has 2 unspecified atom stereocenters. The molecule has 0 saturated heterocycles. The van der Waals surface area contributed by atoms with Crippen LogP contribution in [0.25, 0.3) is 0 Å². The van der Waals surface area contributed by atoms with Gasteiger partial charge in [-0.3, -0.25) is 9.59 Å². The zero-order valence-corrected chi connectivity index (χ0v) is 46.4. The van der Waals surface area contributed by atoms with Crippen molar-refractivity contribution in [3.8, 4) is 0 Å². The molecule has 0 heterocycles. The van der Waals surface area contributed by atoms with Crippen LogP contribution in [0.5, 0.6) is 0 Å². The zero-order valence-electron chi connectivity index (χ0n) is 46.4. The number of aliphatic hydroxyl groups excluding tert-OH is 2. The number of hydrogen-bond donors (Lipinski definition) is 3. The van der Waals surface area contributed by atoms with Gasteiger partial charge in [-0.1, -0.05) is 322 Å². The number of unbranched alkanes of at least 4 members (excludes halogenated alkanes) is 48. The van der Waals surface area contributed by atoms with E-state index in [-0.39, 0.29) is 18.5 Å². The predicted octanol–water partition coefficient (Wildman–Crippen LogP) is 19.5. The van der Waals surface area contributed by atoms with E-state index in [4.69, 9.17) is 4.74 Å².